The molecule has 4 aromatic rings. The van der Waals surface area contributed by atoms with Gasteiger partial charge < -0.3 is 15.0 Å². The first kappa shape index (κ1) is 27.1. The number of nitrogens with zero attached hydrogens (tertiary/aromatic N) is 3. The smallest absolute Gasteiger partial charge is 0.253 e. The number of hydrogen-bond acceptors (Lipinski definition) is 4. The van der Waals surface area contributed by atoms with Crippen molar-refractivity contribution in [1.82, 2.24) is 14.7 Å². The molecule has 1 fully saturated rings. The van der Waals surface area contributed by atoms with Crippen molar-refractivity contribution in [2.75, 3.05) is 25.5 Å². The van der Waals surface area contributed by atoms with Gasteiger partial charge in [0, 0.05) is 24.8 Å². The Labute approximate surface area is 231 Å². The molecule has 3 aromatic carbocycles. The number of carbonyl (C=O) groups is 2. The molecule has 9 heteroatoms. The van der Waals surface area contributed by atoms with Gasteiger partial charge in [0.25, 0.3) is 5.91 Å². The fourth-order valence-corrected chi connectivity index (χ4v) is 4.93. The van der Waals surface area contributed by atoms with Gasteiger partial charge in [-0.25, -0.2) is 8.78 Å². The monoisotopic (exact) mass is 544 g/mol. The highest BCUT2D eigenvalue weighted by Crippen LogP contribution is 2.25. The third-order valence-electron chi connectivity index (χ3n) is 7.11. The average molecular weight is 545 g/mol. The summed E-state index contributed by atoms with van der Waals surface area (Å²) >= 11 is 0. The number of halogens is 2. The Hall–Kier alpha value is -4.53. The van der Waals surface area contributed by atoms with E-state index in [1.165, 1.54) is 31.4 Å². The second-order valence-corrected chi connectivity index (χ2v) is 9.93. The standard InChI is InChI=1S/C31H30F2N4O3/c1-40-29-11-6-23(17-28(29)33)18-30(38)35-26-19-34-37(20-26)27-12-14-36(15-13-27)31(39)24-7-2-21(3-8-24)16-22-4-9-25(32)10-5-22/h2-11,17,19-20,27H,12-16,18H2,1H3,(H,35,38). The molecule has 1 aliphatic heterocycles. The molecule has 206 valence electrons. The molecule has 0 atom stereocenters. The van der Waals surface area contributed by atoms with E-state index in [0.717, 1.165) is 24.0 Å². The van der Waals surface area contributed by atoms with Crippen molar-refractivity contribution >= 4 is 17.5 Å². The van der Waals surface area contributed by atoms with Gasteiger partial charge in [-0.15, -0.1) is 0 Å². The fraction of sp³-hybridized carbons (Fsp3) is 0.258. The highest BCUT2D eigenvalue weighted by Gasteiger charge is 2.25. The van der Waals surface area contributed by atoms with E-state index in [4.69, 9.17) is 4.74 Å². The zero-order chi connectivity index (χ0) is 28.1. The molecule has 2 heterocycles. The molecule has 0 aliphatic carbocycles. The van der Waals surface area contributed by atoms with Crippen LogP contribution in [-0.2, 0) is 17.6 Å². The minimum absolute atomic E-state index is 0.00447. The SMILES string of the molecule is COc1ccc(CC(=O)Nc2cnn(C3CCN(C(=O)c4ccc(Cc5ccc(F)cc5)cc4)CC3)c2)cc1F. The summed E-state index contributed by atoms with van der Waals surface area (Å²) in [5.41, 5.74) is 3.82. The van der Waals surface area contributed by atoms with Gasteiger partial charge in [0.15, 0.2) is 11.6 Å². The summed E-state index contributed by atoms with van der Waals surface area (Å²) in [7, 11) is 1.39. The quantitative estimate of drug-likeness (QED) is 0.322. The summed E-state index contributed by atoms with van der Waals surface area (Å²) in [6, 6.07) is 18.5. The zero-order valence-electron chi connectivity index (χ0n) is 22.1. The maximum atomic E-state index is 13.9. The second kappa shape index (κ2) is 12.1. The van der Waals surface area contributed by atoms with Gasteiger partial charge in [0.05, 0.1) is 31.5 Å². The highest BCUT2D eigenvalue weighted by atomic mass is 19.1. The molecule has 1 saturated heterocycles. The van der Waals surface area contributed by atoms with Crippen molar-refractivity contribution in [3.8, 4) is 5.75 Å². The van der Waals surface area contributed by atoms with Crippen LogP contribution in [0, 0.1) is 11.6 Å². The molecule has 5 rings (SSSR count). The van der Waals surface area contributed by atoms with E-state index >= 15 is 0 Å². The van der Waals surface area contributed by atoms with Crippen LogP contribution in [0.3, 0.4) is 0 Å². The van der Waals surface area contributed by atoms with Crippen molar-refractivity contribution in [1.29, 1.82) is 0 Å². The minimum atomic E-state index is -0.510. The van der Waals surface area contributed by atoms with Crippen molar-refractivity contribution < 1.29 is 23.1 Å². The summed E-state index contributed by atoms with van der Waals surface area (Å²) in [6.45, 7) is 1.21. The van der Waals surface area contributed by atoms with E-state index in [9.17, 15) is 18.4 Å². The number of nitrogens with one attached hydrogen (secondary N) is 1. The number of carbonyl (C=O) groups excluding carboxylic acids is 2. The Morgan fingerprint density at radius 1 is 0.950 bits per heavy atom. The third kappa shape index (κ3) is 6.54. The van der Waals surface area contributed by atoms with Gasteiger partial charge in [-0.1, -0.05) is 30.3 Å². The minimum Gasteiger partial charge on any atom is -0.494 e. The number of aromatic nitrogens is 2. The predicted molar refractivity (Wildman–Crippen MR) is 147 cm³/mol. The molecule has 2 amide bonds. The Morgan fingerprint density at radius 2 is 1.60 bits per heavy atom. The summed E-state index contributed by atoms with van der Waals surface area (Å²) in [6.07, 6.45) is 5.57. The topological polar surface area (TPSA) is 76.5 Å². The maximum absolute atomic E-state index is 13.9. The van der Waals surface area contributed by atoms with E-state index in [1.807, 2.05) is 33.8 Å². The maximum Gasteiger partial charge on any atom is 0.253 e. The van der Waals surface area contributed by atoms with Crippen LogP contribution in [0.15, 0.2) is 79.1 Å². The van der Waals surface area contributed by atoms with Gasteiger partial charge in [0.1, 0.15) is 5.82 Å². The average Bonchev–Trinajstić information content (AvgIpc) is 3.43. The summed E-state index contributed by atoms with van der Waals surface area (Å²) in [5.74, 6) is -0.907. The molecular formula is C31H30F2N4O3. The number of benzene rings is 3. The molecule has 0 spiro atoms. The van der Waals surface area contributed by atoms with Crippen LogP contribution in [0.25, 0.3) is 0 Å². The lowest BCUT2D eigenvalue weighted by atomic mass is 10.0. The molecule has 7 nitrogen and oxygen atoms in total. The summed E-state index contributed by atoms with van der Waals surface area (Å²) < 4.78 is 33.8. The summed E-state index contributed by atoms with van der Waals surface area (Å²) in [5, 5.41) is 7.23. The highest BCUT2D eigenvalue weighted by molar-refractivity contribution is 5.94. The lowest BCUT2D eigenvalue weighted by molar-refractivity contribution is -0.115. The van der Waals surface area contributed by atoms with Crippen molar-refractivity contribution in [3.63, 3.8) is 0 Å². The van der Waals surface area contributed by atoms with Gasteiger partial charge in [0.2, 0.25) is 5.91 Å². The second-order valence-electron chi connectivity index (χ2n) is 9.93. The van der Waals surface area contributed by atoms with Crippen molar-refractivity contribution in [2.45, 2.75) is 31.7 Å². The van der Waals surface area contributed by atoms with Gasteiger partial charge in [-0.3, -0.25) is 14.3 Å². The first-order valence-corrected chi connectivity index (χ1v) is 13.2. The van der Waals surface area contributed by atoms with Crippen LogP contribution in [0.5, 0.6) is 5.75 Å². The van der Waals surface area contributed by atoms with Crippen molar-refractivity contribution in [3.05, 3.63) is 113 Å². The number of hydrogen-bond donors (Lipinski definition) is 1. The number of piperidine rings is 1. The van der Waals surface area contributed by atoms with Gasteiger partial charge in [-0.2, -0.15) is 5.10 Å². The normalized spacial score (nSPS) is 13.7. The van der Waals surface area contributed by atoms with Crippen LogP contribution >= 0.6 is 0 Å². The zero-order valence-corrected chi connectivity index (χ0v) is 22.1. The molecule has 1 aliphatic rings. The largest absolute Gasteiger partial charge is 0.494 e. The number of amides is 2. The number of likely N-dealkylation sites (tertiary alicyclic amines) is 1. The van der Waals surface area contributed by atoms with E-state index in [0.29, 0.717) is 36.3 Å². The molecular weight excluding hydrogens is 514 g/mol. The van der Waals surface area contributed by atoms with Crippen LogP contribution in [0.1, 0.15) is 45.9 Å². The molecule has 0 unspecified atom stereocenters. The number of methoxy groups -OCH3 is 1. The Balaban J connectivity index is 1.11. The van der Waals surface area contributed by atoms with Crippen LogP contribution in [-0.4, -0.2) is 46.7 Å². The number of ether oxygens (including phenoxy) is 1. The van der Waals surface area contributed by atoms with Crippen LogP contribution < -0.4 is 10.1 Å². The van der Waals surface area contributed by atoms with Gasteiger partial charge >= 0.3 is 0 Å². The summed E-state index contributed by atoms with van der Waals surface area (Å²) in [4.78, 5) is 27.4. The molecule has 0 radical (unpaired) electrons. The lowest BCUT2D eigenvalue weighted by Crippen LogP contribution is -2.39. The molecule has 1 N–H and O–H groups in total. The number of rotatable bonds is 8. The first-order chi connectivity index (χ1) is 19.4. The molecule has 1 aromatic heterocycles. The molecule has 0 saturated carbocycles. The number of anilines is 1. The van der Waals surface area contributed by atoms with E-state index in [2.05, 4.69) is 10.4 Å². The third-order valence-corrected chi connectivity index (χ3v) is 7.11. The lowest BCUT2D eigenvalue weighted by Gasteiger charge is -2.32. The molecule has 40 heavy (non-hydrogen) atoms. The Morgan fingerprint density at radius 3 is 2.25 bits per heavy atom. The van der Waals surface area contributed by atoms with E-state index in [-0.39, 0.29) is 35.8 Å². The fourth-order valence-electron chi connectivity index (χ4n) is 4.93. The van der Waals surface area contributed by atoms with E-state index < -0.39 is 5.82 Å². The predicted octanol–water partition coefficient (Wildman–Crippen LogP) is 5.42. The first-order valence-electron chi connectivity index (χ1n) is 13.2. The Bertz CT molecular complexity index is 1480. The van der Waals surface area contributed by atoms with Crippen LogP contribution in [0.2, 0.25) is 0 Å². The van der Waals surface area contributed by atoms with Gasteiger partial charge in [-0.05, 0) is 72.4 Å². The molecule has 0 bridgehead atoms. The van der Waals surface area contributed by atoms with Crippen molar-refractivity contribution in [2.24, 2.45) is 0 Å². The van der Waals surface area contributed by atoms with E-state index in [1.54, 1.807) is 30.6 Å². The van der Waals surface area contributed by atoms with Crippen LogP contribution in [0.4, 0.5) is 14.5 Å². The Kier molecular flexibility index (Phi) is 8.19.